The lowest BCUT2D eigenvalue weighted by molar-refractivity contribution is -0.129. The highest BCUT2D eigenvalue weighted by Gasteiger charge is 2.32. The fourth-order valence-electron chi connectivity index (χ4n) is 2.77. The van der Waals surface area contributed by atoms with Crippen molar-refractivity contribution in [3.63, 3.8) is 0 Å². The van der Waals surface area contributed by atoms with Crippen molar-refractivity contribution >= 4 is 11.9 Å². The Bertz CT molecular complexity index is 527. The van der Waals surface area contributed by atoms with E-state index in [0.717, 1.165) is 5.76 Å². The van der Waals surface area contributed by atoms with Crippen LogP contribution in [0.3, 0.4) is 0 Å². The highest BCUT2D eigenvalue weighted by Crippen LogP contribution is 2.17. The van der Waals surface area contributed by atoms with Gasteiger partial charge in [-0.1, -0.05) is 0 Å². The summed E-state index contributed by atoms with van der Waals surface area (Å²) in [4.78, 5) is 27.7. The molecule has 128 valence electrons. The molecule has 2 rings (SSSR count). The lowest BCUT2D eigenvalue weighted by Gasteiger charge is -2.23. The van der Waals surface area contributed by atoms with E-state index in [1.54, 1.807) is 11.2 Å². The Morgan fingerprint density at radius 3 is 2.74 bits per heavy atom. The highest BCUT2D eigenvalue weighted by atomic mass is 16.3. The first-order valence-corrected chi connectivity index (χ1v) is 7.92. The first-order valence-electron chi connectivity index (χ1n) is 7.92. The molecule has 1 aromatic heterocycles. The summed E-state index contributed by atoms with van der Waals surface area (Å²) in [6.45, 7) is 4.96. The zero-order chi connectivity index (χ0) is 17.0. The van der Waals surface area contributed by atoms with Crippen molar-refractivity contribution in [3.05, 3.63) is 24.2 Å². The lowest BCUT2D eigenvalue weighted by Crippen LogP contribution is -2.46. The Morgan fingerprint density at radius 2 is 2.22 bits per heavy atom. The van der Waals surface area contributed by atoms with Crippen LogP contribution in [-0.2, 0) is 4.79 Å². The molecule has 2 unspecified atom stereocenters. The summed E-state index contributed by atoms with van der Waals surface area (Å²) in [5.74, 6) is 0.893. The van der Waals surface area contributed by atoms with Gasteiger partial charge < -0.3 is 20.0 Å². The quantitative estimate of drug-likeness (QED) is 0.825. The number of rotatable bonds is 6. The van der Waals surface area contributed by atoms with E-state index in [9.17, 15) is 9.59 Å². The Hall–Kier alpha value is -2.02. The number of hydrogen-bond donors (Lipinski definition) is 2. The number of carbonyl (C=O) groups is 2. The Balaban J connectivity index is 1.82. The fourth-order valence-corrected chi connectivity index (χ4v) is 2.77. The second kappa shape index (κ2) is 7.50. The predicted octanol–water partition coefficient (Wildman–Crippen LogP) is 1.19. The number of carbonyl (C=O) groups excluding carboxylic acids is 2. The number of nitrogens with one attached hydrogen (secondary N) is 2. The normalized spacial score (nSPS) is 19.5. The molecule has 23 heavy (non-hydrogen) atoms. The molecule has 1 aliphatic heterocycles. The first kappa shape index (κ1) is 17.3. The molecule has 3 amide bonds. The standard InChI is InChI=1S/C16H26N4O3/c1-11(2)20-10-12(8-15(20)21)18-16(22)17-9-13(19(3)4)14-6-5-7-23-14/h5-7,11-13H,8-10H2,1-4H3,(H2,17,18,22). The van der Waals surface area contributed by atoms with Crippen LogP contribution in [0.2, 0.25) is 0 Å². The van der Waals surface area contributed by atoms with Crippen LogP contribution in [0, 0.1) is 0 Å². The molecule has 2 heterocycles. The maximum Gasteiger partial charge on any atom is 0.315 e. The molecule has 7 nitrogen and oxygen atoms in total. The van der Waals surface area contributed by atoms with Gasteiger partial charge in [0.05, 0.1) is 18.3 Å². The molecule has 7 heteroatoms. The van der Waals surface area contributed by atoms with E-state index >= 15 is 0 Å². The third kappa shape index (κ3) is 4.48. The molecule has 0 spiro atoms. The first-order chi connectivity index (χ1) is 10.9. The minimum Gasteiger partial charge on any atom is -0.468 e. The number of hydrogen-bond acceptors (Lipinski definition) is 4. The van der Waals surface area contributed by atoms with Crippen LogP contribution in [0.15, 0.2) is 22.8 Å². The van der Waals surface area contributed by atoms with Gasteiger partial charge in [0.25, 0.3) is 0 Å². The van der Waals surface area contributed by atoms with E-state index < -0.39 is 0 Å². The van der Waals surface area contributed by atoms with Crippen LogP contribution in [0.4, 0.5) is 4.79 Å². The average molecular weight is 322 g/mol. The Labute approximate surface area is 137 Å². The summed E-state index contributed by atoms with van der Waals surface area (Å²) in [6.07, 6.45) is 1.98. The predicted molar refractivity (Wildman–Crippen MR) is 86.9 cm³/mol. The van der Waals surface area contributed by atoms with E-state index in [2.05, 4.69) is 10.6 Å². The van der Waals surface area contributed by atoms with Crippen molar-refractivity contribution in [2.45, 2.75) is 38.4 Å². The second-order valence-electron chi connectivity index (χ2n) is 6.39. The van der Waals surface area contributed by atoms with Crippen LogP contribution in [-0.4, -0.2) is 61.0 Å². The maximum atomic E-state index is 12.1. The zero-order valence-corrected chi connectivity index (χ0v) is 14.2. The summed E-state index contributed by atoms with van der Waals surface area (Å²) >= 11 is 0. The fraction of sp³-hybridized carbons (Fsp3) is 0.625. The molecule has 1 aliphatic rings. The molecular weight excluding hydrogens is 296 g/mol. The van der Waals surface area contributed by atoms with Crippen LogP contribution in [0.1, 0.15) is 32.1 Å². The van der Waals surface area contributed by atoms with E-state index in [-0.39, 0.29) is 30.1 Å². The van der Waals surface area contributed by atoms with Gasteiger partial charge in [0, 0.05) is 25.6 Å². The van der Waals surface area contributed by atoms with Crippen LogP contribution < -0.4 is 10.6 Å². The molecule has 2 atom stereocenters. The monoisotopic (exact) mass is 322 g/mol. The van der Waals surface area contributed by atoms with Crippen molar-refractivity contribution < 1.29 is 14.0 Å². The molecule has 1 saturated heterocycles. The van der Waals surface area contributed by atoms with E-state index in [0.29, 0.717) is 19.5 Å². The minimum absolute atomic E-state index is 0.0341. The van der Waals surface area contributed by atoms with Gasteiger partial charge in [-0.3, -0.25) is 9.69 Å². The third-order valence-corrected chi connectivity index (χ3v) is 4.07. The number of likely N-dealkylation sites (tertiary alicyclic amines) is 1. The van der Waals surface area contributed by atoms with Gasteiger partial charge in [0.15, 0.2) is 0 Å². The van der Waals surface area contributed by atoms with E-state index in [1.807, 2.05) is 45.0 Å². The Kier molecular flexibility index (Phi) is 5.65. The largest absolute Gasteiger partial charge is 0.468 e. The van der Waals surface area contributed by atoms with Gasteiger partial charge in [-0.05, 0) is 40.1 Å². The number of urea groups is 1. The third-order valence-electron chi connectivity index (χ3n) is 4.07. The van der Waals surface area contributed by atoms with Gasteiger partial charge in [-0.15, -0.1) is 0 Å². The highest BCUT2D eigenvalue weighted by molar-refractivity contribution is 5.81. The van der Waals surface area contributed by atoms with Crippen molar-refractivity contribution in [3.8, 4) is 0 Å². The molecule has 0 saturated carbocycles. The minimum atomic E-state index is -0.258. The van der Waals surface area contributed by atoms with Gasteiger partial charge >= 0.3 is 6.03 Å². The number of amides is 3. The molecular formula is C16H26N4O3. The summed E-state index contributed by atoms with van der Waals surface area (Å²) < 4.78 is 5.41. The second-order valence-corrected chi connectivity index (χ2v) is 6.39. The lowest BCUT2D eigenvalue weighted by atomic mass is 10.2. The molecule has 0 radical (unpaired) electrons. The van der Waals surface area contributed by atoms with Gasteiger partial charge in [-0.2, -0.15) is 0 Å². The maximum absolute atomic E-state index is 12.1. The number of nitrogens with zero attached hydrogens (tertiary/aromatic N) is 2. The van der Waals surface area contributed by atoms with Crippen LogP contribution in [0.5, 0.6) is 0 Å². The SMILES string of the molecule is CC(C)N1CC(NC(=O)NCC(c2ccco2)N(C)C)CC1=O. The summed E-state index contributed by atoms with van der Waals surface area (Å²) in [5, 5.41) is 5.73. The molecule has 1 aromatic rings. The molecule has 2 N–H and O–H groups in total. The number of furan rings is 1. The van der Waals surface area contributed by atoms with Crippen molar-refractivity contribution in [1.82, 2.24) is 20.4 Å². The number of likely N-dealkylation sites (N-methyl/N-ethyl adjacent to an activating group) is 1. The van der Waals surface area contributed by atoms with Crippen molar-refractivity contribution in [1.29, 1.82) is 0 Å². The van der Waals surface area contributed by atoms with Crippen molar-refractivity contribution in [2.75, 3.05) is 27.2 Å². The smallest absolute Gasteiger partial charge is 0.315 e. The van der Waals surface area contributed by atoms with Gasteiger partial charge in [0.2, 0.25) is 5.91 Å². The molecule has 0 aliphatic carbocycles. The topological polar surface area (TPSA) is 77.8 Å². The summed E-state index contributed by atoms with van der Waals surface area (Å²) in [5.41, 5.74) is 0. The zero-order valence-electron chi connectivity index (χ0n) is 14.2. The summed E-state index contributed by atoms with van der Waals surface area (Å²) in [7, 11) is 3.87. The van der Waals surface area contributed by atoms with E-state index in [4.69, 9.17) is 4.42 Å². The average Bonchev–Trinajstić information content (AvgIpc) is 3.08. The molecule has 1 fully saturated rings. The van der Waals surface area contributed by atoms with Crippen LogP contribution >= 0.6 is 0 Å². The molecule has 0 bridgehead atoms. The Morgan fingerprint density at radius 1 is 1.48 bits per heavy atom. The van der Waals surface area contributed by atoms with Gasteiger partial charge in [0.1, 0.15) is 5.76 Å². The van der Waals surface area contributed by atoms with Gasteiger partial charge in [-0.25, -0.2) is 4.79 Å². The van der Waals surface area contributed by atoms with Crippen molar-refractivity contribution in [2.24, 2.45) is 0 Å². The van der Waals surface area contributed by atoms with Crippen LogP contribution in [0.25, 0.3) is 0 Å². The molecule has 0 aromatic carbocycles. The summed E-state index contributed by atoms with van der Waals surface area (Å²) in [6, 6.07) is 3.46. The van der Waals surface area contributed by atoms with E-state index in [1.165, 1.54) is 0 Å².